The van der Waals surface area contributed by atoms with Crippen LogP contribution in [-0.4, -0.2) is 109 Å². The second-order valence-electron chi connectivity index (χ2n) is 10.2. The lowest BCUT2D eigenvalue weighted by molar-refractivity contribution is -0.326. The summed E-state index contributed by atoms with van der Waals surface area (Å²) in [5.74, 6) is 1.46. The molecule has 4 aliphatic rings. The average molecular weight is 558 g/mol. The Labute approximate surface area is 229 Å². The number of piperazine rings is 1. The molecule has 3 aromatic heterocycles. The summed E-state index contributed by atoms with van der Waals surface area (Å²) in [6.07, 6.45) is 1.49. The summed E-state index contributed by atoms with van der Waals surface area (Å²) >= 11 is 0. The first-order valence-electron chi connectivity index (χ1n) is 13.4. The van der Waals surface area contributed by atoms with E-state index in [1.165, 1.54) is 0 Å². The van der Waals surface area contributed by atoms with Gasteiger partial charge in [0.15, 0.2) is 0 Å². The summed E-state index contributed by atoms with van der Waals surface area (Å²) in [5, 5.41) is 14.0. The molecule has 0 aromatic carbocycles. The van der Waals surface area contributed by atoms with Crippen molar-refractivity contribution in [3.8, 4) is 22.9 Å². The molecule has 7 heterocycles. The van der Waals surface area contributed by atoms with Crippen molar-refractivity contribution >= 4 is 11.3 Å². The van der Waals surface area contributed by atoms with Gasteiger partial charge in [0.25, 0.3) is 0 Å². The molecule has 4 aliphatic heterocycles. The number of alkyl halides is 3. The second kappa shape index (κ2) is 11.2. The lowest BCUT2D eigenvalue weighted by atomic mass is 9.87. The zero-order chi connectivity index (χ0) is 27.7. The highest BCUT2D eigenvalue weighted by Gasteiger charge is 2.45. The molecule has 2 atom stereocenters. The molecule has 0 saturated carbocycles. The summed E-state index contributed by atoms with van der Waals surface area (Å²) in [4.78, 5) is 11.3. The highest BCUT2D eigenvalue weighted by Crippen LogP contribution is 2.35. The van der Waals surface area contributed by atoms with E-state index in [-0.39, 0.29) is 25.2 Å². The van der Waals surface area contributed by atoms with Crippen molar-refractivity contribution in [2.24, 2.45) is 0 Å². The third kappa shape index (κ3) is 5.71. The number of nitriles is 1. The van der Waals surface area contributed by atoms with Gasteiger partial charge >= 0.3 is 6.36 Å². The minimum Gasteiger partial charge on any atom is -0.491 e. The maximum Gasteiger partial charge on any atom is 0.522 e. The number of hydrogen-bond donors (Lipinski definition) is 0. The van der Waals surface area contributed by atoms with E-state index >= 15 is 0 Å². The van der Waals surface area contributed by atoms with Crippen molar-refractivity contribution in [3.63, 3.8) is 0 Å². The van der Waals surface area contributed by atoms with Gasteiger partial charge in [-0.2, -0.15) is 10.4 Å². The van der Waals surface area contributed by atoms with Crippen LogP contribution in [0.2, 0.25) is 0 Å². The van der Waals surface area contributed by atoms with Crippen LogP contribution in [0.25, 0.3) is 16.6 Å². The molecule has 13 heteroatoms. The first-order valence-corrected chi connectivity index (χ1v) is 13.4. The maximum atomic E-state index is 12.3. The zero-order valence-corrected chi connectivity index (χ0v) is 21.9. The molecule has 0 aliphatic carbocycles. The molecule has 10 nitrogen and oxygen atoms in total. The van der Waals surface area contributed by atoms with Crippen LogP contribution in [0.3, 0.4) is 0 Å². The molecule has 2 bridgehead atoms. The van der Waals surface area contributed by atoms with E-state index < -0.39 is 6.36 Å². The van der Waals surface area contributed by atoms with Gasteiger partial charge in [0.05, 0.1) is 43.3 Å². The Morgan fingerprint density at radius 3 is 2.58 bits per heavy atom. The van der Waals surface area contributed by atoms with Gasteiger partial charge < -0.3 is 14.4 Å². The topological polar surface area (TPSA) is 91.4 Å². The van der Waals surface area contributed by atoms with Gasteiger partial charge in [-0.1, -0.05) is 0 Å². The van der Waals surface area contributed by atoms with Gasteiger partial charge in [0.2, 0.25) is 0 Å². The summed E-state index contributed by atoms with van der Waals surface area (Å²) in [6, 6.07) is 8.43. The number of morpholine rings is 1. The second-order valence-corrected chi connectivity index (χ2v) is 10.2. The maximum absolute atomic E-state index is 12.3. The molecular formula is C27H30F3N7O3. The van der Waals surface area contributed by atoms with Crippen LogP contribution in [0.5, 0.6) is 5.75 Å². The fourth-order valence-corrected chi connectivity index (χ4v) is 5.83. The monoisotopic (exact) mass is 557 g/mol. The van der Waals surface area contributed by atoms with Crippen LogP contribution in [0, 0.1) is 11.3 Å². The minimum atomic E-state index is -4.59. The van der Waals surface area contributed by atoms with Crippen LogP contribution < -0.4 is 9.64 Å². The Balaban J connectivity index is 1.14. The number of nitrogens with zero attached hydrogens (tertiary/aromatic N) is 7. The SMILES string of the molecule is N#Cc1cnn2cc(OCCN3CCOCC3)cc(-c3ccc(N4CC5CC(C4)N5CCOC(F)(F)F)nc3)c12. The van der Waals surface area contributed by atoms with E-state index in [9.17, 15) is 18.4 Å². The summed E-state index contributed by atoms with van der Waals surface area (Å²) in [5.41, 5.74) is 2.78. The number of rotatable bonds is 9. The largest absolute Gasteiger partial charge is 0.522 e. The minimum absolute atomic E-state index is 0.188. The summed E-state index contributed by atoms with van der Waals surface area (Å²) in [7, 11) is 0. The molecule has 0 spiro atoms. The molecule has 0 N–H and O–H groups in total. The molecule has 3 aromatic rings. The van der Waals surface area contributed by atoms with Gasteiger partial charge in [-0.3, -0.25) is 14.5 Å². The Hall–Kier alpha value is -3.44. The van der Waals surface area contributed by atoms with Gasteiger partial charge in [0.1, 0.15) is 24.2 Å². The number of ether oxygens (including phenoxy) is 3. The fraction of sp³-hybridized carbons (Fsp3) is 0.519. The van der Waals surface area contributed by atoms with Crippen molar-refractivity contribution in [3.05, 3.63) is 42.4 Å². The number of halogens is 3. The normalized spacial score (nSPS) is 21.8. The lowest BCUT2D eigenvalue weighted by Gasteiger charge is -2.56. The van der Waals surface area contributed by atoms with Crippen LogP contribution in [0.4, 0.5) is 19.0 Å². The standard InChI is InChI=1S/C27H30F3N7O3/c28-27(29,30)40-10-6-36-21-11-22(36)17-35(16-21)25-2-1-19(14-32-25)24-12-23(18-37-26(24)20(13-31)15-33-37)39-9-5-34-3-7-38-8-4-34/h1-2,12,14-15,18,21-22H,3-11,16-17H2. The number of aromatic nitrogens is 3. The van der Waals surface area contributed by atoms with E-state index in [0.29, 0.717) is 36.5 Å². The number of pyridine rings is 2. The highest BCUT2D eigenvalue weighted by atomic mass is 19.4. The van der Waals surface area contributed by atoms with Crippen LogP contribution in [0.15, 0.2) is 36.8 Å². The Morgan fingerprint density at radius 1 is 1.07 bits per heavy atom. The number of anilines is 1. The summed E-state index contributed by atoms with van der Waals surface area (Å²) < 4.78 is 54.1. The molecule has 40 heavy (non-hydrogen) atoms. The first kappa shape index (κ1) is 26.8. The lowest BCUT2D eigenvalue weighted by Crippen LogP contribution is -2.69. The van der Waals surface area contributed by atoms with E-state index in [2.05, 4.69) is 30.6 Å². The van der Waals surface area contributed by atoms with Crippen molar-refractivity contribution in [1.29, 1.82) is 5.26 Å². The van der Waals surface area contributed by atoms with Crippen LogP contribution in [0.1, 0.15) is 12.0 Å². The Bertz CT molecular complexity index is 1360. The Kier molecular flexibility index (Phi) is 7.50. The van der Waals surface area contributed by atoms with Crippen LogP contribution in [-0.2, 0) is 9.47 Å². The van der Waals surface area contributed by atoms with E-state index in [1.807, 2.05) is 18.2 Å². The smallest absolute Gasteiger partial charge is 0.491 e. The molecule has 7 rings (SSSR count). The number of hydrogen-bond acceptors (Lipinski definition) is 9. The van der Waals surface area contributed by atoms with Gasteiger partial charge in [-0.15, -0.1) is 13.2 Å². The third-order valence-electron chi connectivity index (χ3n) is 7.83. The summed E-state index contributed by atoms with van der Waals surface area (Å²) in [6.45, 7) is 5.87. The van der Waals surface area contributed by atoms with E-state index in [4.69, 9.17) is 14.5 Å². The highest BCUT2D eigenvalue weighted by molar-refractivity contribution is 5.85. The average Bonchev–Trinajstić information content (AvgIpc) is 3.38. The molecular weight excluding hydrogens is 527 g/mol. The zero-order valence-electron chi connectivity index (χ0n) is 21.9. The fourth-order valence-electron chi connectivity index (χ4n) is 5.83. The predicted molar refractivity (Wildman–Crippen MR) is 139 cm³/mol. The van der Waals surface area contributed by atoms with Crippen LogP contribution >= 0.6 is 0 Å². The molecule has 2 unspecified atom stereocenters. The van der Waals surface area contributed by atoms with Gasteiger partial charge in [-0.05, 0) is 24.6 Å². The first-order chi connectivity index (χ1) is 19.4. The number of fused-ring (bicyclic) bond motifs is 3. The van der Waals surface area contributed by atoms with Crippen molar-refractivity contribution in [2.45, 2.75) is 24.9 Å². The van der Waals surface area contributed by atoms with E-state index in [1.54, 1.807) is 23.1 Å². The Morgan fingerprint density at radius 2 is 1.88 bits per heavy atom. The molecule has 4 saturated heterocycles. The van der Waals surface area contributed by atoms with Gasteiger partial charge in [0, 0.05) is 68.7 Å². The van der Waals surface area contributed by atoms with E-state index in [0.717, 1.165) is 56.2 Å². The van der Waals surface area contributed by atoms with Crippen molar-refractivity contribution < 1.29 is 27.4 Å². The number of piperidine rings is 1. The predicted octanol–water partition coefficient (Wildman–Crippen LogP) is 2.78. The molecule has 0 amide bonds. The van der Waals surface area contributed by atoms with Crippen molar-refractivity contribution in [1.82, 2.24) is 24.4 Å². The third-order valence-corrected chi connectivity index (χ3v) is 7.83. The quantitative estimate of drug-likeness (QED) is 0.394. The van der Waals surface area contributed by atoms with Gasteiger partial charge in [-0.25, -0.2) is 9.50 Å². The van der Waals surface area contributed by atoms with Crippen molar-refractivity contribution in [2.75, 3.05) is 70.6 Å². The molecule has 212 valence electrons. The molecule has 0 radical (unpaired) electrons. The molecule has 4 fully saturated rings.